The van der Waals surface area contributed by atoms with E-state index in [1.165, 1.54) is 23.5 Å². The van der Waals surface area contributed by atoms with E-state index in [2.05, 4.69) is 14.7 Å². The van der Waals surface area contributed by atoms with Gasteiger partial charge in [0.05, 0.1) is 5.69 Å². The third-order valence-corrected chi connectivity index (χ3v) is 3.70. The lowest BCUT2D eigenvalue weighted by molar-refractivity contribution is -0.0498. The molecule has 21 heavy (non-hydrogen) atoms. The van der Waals surface area contributed by atoms with Crippen LogP contribution >= 0.6 is 11.3 Å². The molecule has 0 aliphatic heterocycles. The van der Waals surface area contributed by atoms with Gasteiger partial charge in [0.15, 0.2) is 0 Å². The molecule has 0 spiro atoms. The molecule has 0 aliphatic rings. The van der Waals surface area contributed by atoms with Crippen LogP contribution in [0.4, 0.5) is 8.78 Å². The second kappa shape index (κ2) is 5.97. The van der Waals surface area contributed by atoms with Gasteiger partial charge in [-0.2, -0.15) is 8.78 Å². The van der Waals surface area contributed by atoms with E-state index in [0.717, 1.165) is 21.8 Å². The normalized spacial score (nSPS) is 10.8. The first-order valence-electron chi connectivity index (χ1n) is 6.13. The fourth-order valence-corrected chi connectivity index (χ4v) is 2.68. The maximum atomic E-state index is 12.1. The standard InChI is InChI=1S/C15H10F2N2OS/c16-15(17)20-12-3-1-10(2-4-12)13-9-21-14(19-13)11-5-7-18-8-6-11/h1-9,15H. The predicted octanol–water partition coefficient (Wildman–Crippen LogP) is 4.47. The van der Waals surface area contributed by atoms with Gasteiger partial charge in [-0.3, -0.25) is 4.98 Å². The zero-order valence-electron chi connectivity index (χ0n) is 10.7. The molecule has 0 radical (unpaired) electrons. The minimum absolute atomic E-state index is 0.137. The molecule has 0 unspecified atom stereocenters. The highest BCUT2D eigenvalue weighted by Gasteiger charge is 2.08. The minimum Gasteiger partial charge on any atom is -0.435 e. The highest BCUT2D eigenvalue weighted by molar-refractivity contribution is 7.13. The van der Waals surface area contributed by atoms with E-state index >= 15 is 0 Å². The number of ether oxygens (including phenoxy) is 1. The second-order valence-corrected chi connectivity index (χ2v) is 5.03. The number of hydrogen-bond donors (Lipinski definition) is 0. The average Bonchev–Trinajstić information content (AvgIpc) is 2.98. The van der Waals surface area contributed by atoms with E-state index in [1.54, 1.807) is 24.5 Å². The molecule has 1 aromatic carbocycles. The topological polar surface area (TPSA) is 35.0 Å². The zero-order valence-corrected chi connectivity index (χ0v) is 11.6. The number of nitrogens with zero attached hydrogens (tertiary/aromatic N) is 2. The Labute approximate surface area is 123 Å². The highest BCUT2D eigenvalue weighted by atomic mass is 32.1. The summed E-state index contributed by atoms with van der Waals surface area (Å²) in [6.07, 6.45) is 3.43. The smallest absolute Gasteiger partial charge is 0.387 e. The quantitative estimate of drug-likeness (QED) is 0.713. The number of rotatable bonds is 4. The van der Waals surface area contributed by atoms with Gasteiger partial charge < -0.3 is 4.74 Å². The largest absolute Gasteiger partial charge is 0.435 e. The second-order valence-electron chi connectivity index (χ2n) is 4.18. The lowest BCUT2D eigenvalue weighted by Gasteiger charge is -2.04. The SMILES string of the molecule is FC(F)Oc1ccc(-c2csc(-c3ccncc3)n2)cc1. The van der Waals surface area contributed by atoms with Gasteiger partial charge in [-0.15, -0.1) is 11.3 Å². The van der Waals surface area contributed by atoms with Crippen molar-refractivity contribution in [2.24, 2.45) is 0 Å². The van der Waals surface area contributed by atoms with Crippen molar-refractivity contribution < 1.29 is 13.5 Å². The van der Waals surface area contributed by atoms with Crippen molar-refractivity contribution in [1.29, 1.82) is 0 Å². The lowest BCUT2D eigenvalue weighted by atomic mass is 10.2. The van der Waals surface area contributed by atoms with E-state index in [0.29, 0.717) is 0 Å². The van der Waals surface area contributed by atoms with Crippen molar-refractivity contribution in [3.63, 3.8) is 0 Å². The van der Waals surface area contributed by atoms with Crippen LogP contribution in [-0.2, 0) is 0 Å². The van der Waals surface area contributed by atoms with E-state index in [1.807, 2.05) is 17.5 Å². The van der Waals surface area contributed by atoms with Gasteiger partial charge in [0.25, 0.3) is 0 Å². The number of halogens is 2. The lowest BCUT2D eigenvalue weighted by Crippen LogP contribution is -2.01. The number of aromatic nitrogens is 2. The van der Waals surface area contributed by atoms with Crippen LogP contribution in [0.25, 0.3) is 21.8 Å². The van der Waals surface area contributed by atoms with Crippen LogP contribution in [0.1, 0.15) is 0 Å². The van der Waals surface area contributed by atoms with Gasteiger partial charge in [-0.1, -0.05) is 0 Å². The van der Waals surface area contributed by atoms with Crippen molar-refractivity contribution in [3.8, 4) is 27.6 Å². The molecule has 3 rings (SSSR count). The molecule has 3 aromatic rings. The fraction of sp³-hybridized carbons (Fsp3) is 0.0667. The maximum Gasteiger partial charge on any atom is 0.387 e. The third-order valence-electron chi connectivity index (χ3n) is 2.81. The summed E-state index contributed by atoms with van der Waals surface area (Å²) in [5.41, 5.74) is 2.66. The van der Waals surface area contributed by atoms with Crippen molar-refractivity contribution >= 4 is 11.3 Å². The summed E-state index contributed by atoms with van der Waals surface area (Å²) >= 11 is 1.52. The summed E-state index contributed by atoms with van der Waals surface area (Å²) in [5.74, 6) is 0.137. The van der Waals surface area contributed by atoms with Crippen LogP contribution in [0.2, 0.25) is 0 Å². The molecule has 6 heteroatoms. The average molecular weight is 304 g/mol. The third kappa shape index (κ3) is 3.22. The van der Waals surface area contributed by atoms with Crippen LogP contribution < -0.4 is 4.74 Å². The molecule has 0 fully saturated rings. The van der Waals surface area contributed by atoms with Gasteiger partial charge in [0.1, 0.15) is 10.8 Å². The van der Waals surface area contributed by atoms with E-state index in [4.69, 9.17) is 0 Å². The van der Waals surface area contributed by atoms with Crippen LogP contribution in [0.5, 0.6) is 5.75 Å². The Balaban J connectivity index is 1.83. The zero-order chi connectivity index (χ0) is 14.7. The fourth-order valence-electron chi connectivity index (χ4n) is 1.84. The summed E-state index contributed by atoms with van der Waals surface area (Å²) in [6, 6.07) is 10.2. The summed E-state index contributed by atoms with van der Waals surface area (Å²) in [5, 5.41) is 2.82. The number of alkyl halides is 2. The molecule has 2 aromatic heterocycles. The van der Waals surface area contributed by atoms with Crippen molar-refractivity contribution in [2.45, 2.75) is 6.61 Å². The van der Waals surface area contributed by atoms with Gasteiger partial charge in [0.2, 0.25) is 0 Å². The Morgan fingerprint density at radius 3 is 2.33 bits per heavy atom. The molecule has 0 bridgehead atoms. The molecule has 106 valence electrons. The Morgan fingerprint density at radius 2 is 1.67 bits per heavy atom. The van der Waals surface area contributed by atoms with Crippen LogP contribution in [0.15, 0.2) is 54.2 Å². The summed E-state index contributed by atoms with van der Waals surface area (Å²) < 4.78 is 28.5. The van der Waals surface area contributed by atoms with Crippen molar-refractivity contribution in [1.82, 2.24) is 9.97 Å². The first-order chi connectivity index (χ1) is 10.2. The number of benzene rings is 1. The monoisotopic (exact) mass is 304 g/mol. The molecule has 0 amide bonds. The van der Waals surface area contributed by atoms with Crippen LogP contribution in [-0.4, -0.2) is 16.6 Å². The number of hydrogen-bond acceptors (Lipinski definition) is 4. The molecule has 0 saturated carbocycles. The molecule has 3 nitrogen and oxygen atoms in total. The molecule has 0 N–H and O–H groups in total. The van der Waals surface area contributed by atoms with Gasteiger partial charge in [-0.25, -0.2) is 4.98 Å². The molecule has 0 atom stereocenters. The molecular formula is C15H10F2N2OS. The maximum absolute atomic E-state index is 12.1. The molecular weight excluding hydrogens is 294 g/mol. The van der Waals surface area contributed by atoms with Gasteiger partial charge in [-0.05, 0) is 36.4 Å². The first kappa shape index (κ1) is 13.6. The highest BCUT2D eigenvalue weighted by Crippen LogP contribution is 2.29. The first-order valence-corrected chi connectivity index (χ1v) is 7.01. The molecule has 0 aliphatic carbocycles. The van der Waals surface area contributed by atoms with E-state index < -0.39 is 6.61 Å². The van der Waals surface area contributed by atoms with Crippen LogP contribution in [0.3, 0.4) is 0 Å². The Kier molecular flexibility index (Phi) is 3.87. The Bertz CT molecular complexity index is 714. The predicted molar refractivity (Wildman–Crippen MR) is 77.4 cm³/mol. The number of thiazole rings is 1. The minimum atomic E-state index is -2.81. The summed E-state index contributed by atoms with van der Waals surface area (Å²) in [7, 11) is 0. The summed E-state index contributed by atoms with van der Waals surface area (Å²) in [6.45, 7) is -2.81. The molecule has 0 saturated heterocycles. The van der Waals surface area contributed by atoms with Gasteiger partial charge >= 0.3 is 6.61 Å². The van der Waals surface area contributed by atoms with Gasteiger partial charge in [0, 0.05) is 28.9 Å². The molecule has 2 heterocycles. The van der Waals surface area contributed by atoms with Crippen LogP contribution in [0, 0.1) is 0 Å². The van der Waals surface area contributed by atoms with E-state index in [9.17, 15) is 8.78 Å². The Hall–Kier alpha value is -2.34. The Morgan fingerprint density at radius 1 is 0.952 bits per heavy atom. The number of pyridine rings is 1. The summed E-state index contributed by atoms with van der Waals surface area (Å²) in [4.78, 5) is 8.51. The van der Waals surface area contributed by atoms with E-state index in [-0.39, 0.29) is 5.75 Å². The van der Waals surface area contributed by atoms with Crippen molar-refractivity contribution in [3.05, 3.63) is 54.2 Å². The van der Waals surface area contributed by atoms with Crippen molar-refractivity contribution in [2.75, 3.05) is 0 Å².